The van der Waals surface area contributed by atoms with Crippen LogP contribution in [0.1, 0.15) is 79.1 Å². The zero-order chi connectivity index (χ0) is 25.5. The van der Waals surface area contributed by atoms with Gasteiger partial charge in [0, 0.05) is 29.2 Å². The Kier molecular flexibility index (Phi) is 5.17. The molecule has 0 amide bonds. The van der Waals surface area contributed by atoms with E-state index < -0.39 is 0 Å². The van der Waals surface area contributed by atoms with Gasteiger partial charge in [0.1, 0.15) is 0 Å². The Hall–Kier alpha value is -2.44. The third-order valence-corrected chi connectivity index (χ3v) is 11.4. The van der Waals surface area contributed by atoms with Gasteiger partial charge in [0.15, 0.2) is 0 Å². The van der Waals surface area contributed by atoms with E-state index in [1.165, 1.54) is 25.0 Å². The molecule has 0 N–H and O–H groups in total. The first-order valence-electron chi connectivity index (χ1n) is 13.9. The quantitative estimate of drug-likeness (QED) is 0.277. The number of esters is 1. The molecular weight excluding hydrogens is 454 g/mol. The lowest BCUT2D eigenvalue weighted by atomic mass is 9.39. The molecule has 1 heterocycles. The summed E-state index contributed by atoms with van der Waals surface area (Å²) in [5.74, 6) is 1.38. The molecule has 1 aromatic carbocycles. The Morgan fingerprint density at radius 3 is 2.53 bits per heavy atom. The van der Waals surface area contributed by atoms with Gasteiger partial charge in [-0.15, -0.1) is 0 Å². The molecule has 7 heteroatoms. The monoisotopic (exact) mass is 493 g/mol. The predicted molar refractivity (Wildman–Crippen MR) is 139 cm³/mol. The van der Waals surface area contributed by atoms with Gasteiger partial charge in [0.25, 0.3) is 5.69 Å². The Morgan fingerprint density at radius 1 is 1.11 bits per heavy atom. The first-order chi connectivity index (χ1) is 17.1. The van der Waals surface area contributed by atoms with Crippen LogP contribution in [0.15, 0.2) is 29.4 Å². The topological polar surface area (TPSA) is 85.0 Å². The molecule has 1 aliphatic heterocycles. The summed E-state index contributed by atoms with van der Waals surface area (Å²) in [5, 5.41) is 18.4. The predicted octanol–water partition coefficient (Wildman–Crippen LogP) is 6.36. The third kappa shape index (κ3) is 3.03. The summed E-state index contributed by atoms with van der Waals surface area (Å²) in [5.41, 5.74) is 2.50. The summed E-state index contributed by atoms with van der Waals surface area (Å²) in [4.78, 5) is 24.0. The number of nitro benzene ring substituents is 1. The van der Waals surface area contributed by atoms with Crippen molar-refractivity contribution in [2.45, 2.75) is 79.1 Å². The largest absolute Gasteiger partial charge is 0.466 e. The average Bonchev–Trinajstić information content (AvgIpc) is 3.36. The summed E-state index contributed by atoms with van der Waals surface area (Å²) >= 11 is 0. The van der Waals surface area contributed by atoms with Crippen molar-refractivity contribution in [1.82, 2.24) is 0 Å². The number of anilines is 1. The lowest BCUT2D eigenvalue weighted by Crippen LogP contribution is -2.60. The van der Waals surface area contributed by atoms with Crippen LogP contribution in [0.3, 0.4) is 0 Å². The van der Waals surface area contributed by atoms with Crippen LogP contribution in [-0.2, 0) is 9.53 Å². The number of nitrogens with zero attached hydrogens (tertiary/aromatic N) is 3. The SMILES string of the molecule is CCOC(=O)[C@]1(C)CCC[C@@]2(C)[C@@H]3CC[C@@]4(C)C[C@]3(CC[C@@H]21)[C@@H]1CN(c2ccc([N+](=O)[O-])cc2)N=C14. The molecular formula is C29H39N3O4. The summed E-state index contributed by atoms with van der Waals surface area (Å²) in [7, 11) is 0. The first-order valence-corrected chi connectivity index (χ1v) is 13.9. The van der Waals surface area contributed by atoms with Gasteiger partial charge in [-0.3, -0.25) is 19.9 Å². The molecule has 2 bridgehead atoms. The summed E-state index contributed by atoms with van der Waals surface area (Å²) in [6, 6.07) is 6.83. The van der Waals surface area contributed by atoms with Crippen LogP contribution in [0.4, 0.5) is 11.4 Å². The molecule has 7 nitrogen and oxygen atoms in total. The fourth-order valence-corrected chi connectivity index (χ4v) is 10.0. The molecule has 36 heavy (non-hydrogen) atoms. The zero-order valence-electron chi connectivity index (χ0n) is 22.1. The van der Waals surface area contributed by atoms with Crippen LogP contribution in [0.2, 0.25) is 0 Å². The van der Waals surface area contributed by atoms with E-state index in [0.717, 1.165) is 44.3 Å². The van der Waals surface area contributed by atoms with Gasteiger partial charge in [-0.1, -0.05) is 20.3 Å². The Morgan fingerprint density at radius 2 is 1.83 bits per heavy atom. The van der Waals surface area contributed by atoms with Gasteiger partial charge >= 0.3 is 5.97 Å². The van der Waals surface area contributed by atoms with Crippen molar-refractivity contribution < 1.29 is 14.5 Å². The normalized spacial score (nSPS) is 42.7. The first kappa shape index (κ1) is 23.9. The Bertz CT molecular complexity index is 1130. The van der Waals surface area contributed by atoms with Gasteiger partial charge < -0.3 is 4.74 Å². The van der Waals surface area contributed by atoms with E-state index in [2.05, 4.69) is 25.8 Å². The molecule has 0 radical (unpaired) electrons. The highest BCUT2D eigenvalue weighted by molar-refractivity contribution is 5.98. The van der Waals surface area contributed by atoms with E-state index in [-0.39, 0.29) is 38.2 Å². The fraction of sp³-hybridized carbons (Fsp3) is 0.724. The molecule has 0 aromatic heterocycles. The van der Waals surface area contributed by atoms with E-state index in [9.17, 15) is 14.9 Å². The van der Waals surface area contributed by atoms with Gasteiger partial charge in [0.05, 0.1) is 29.2 Å². The second-order valence-corrected chi connectivity index (χ2v) is 13.0. The minimum atomic E-state index is -0.388. The summed E-state index contributed by atoms with van der Waals surface area (Å²) in [6.07, 6.45) is 9.04. The highest BCUT2D eigenvalue weighted by atomic mass is 16.6. The van der Waals surface area contributed by atoms with Gasteiger partial charge in [-0.25, -0.2) is 0 Å². The van der Waals surface area contributed by atoms with Crippen LogP contribution in [0, 0.1) is 49.5 Å². The number of nitro groups is 1. The van der Waals surface area contributed by atoms with Crippen molar-refractivity contribution in [3.63, 3.8) is 0 Å². The number of carbonyl (C=O) groups is 1. The van der Waals surface area contributed by atoms with E-state index in [1.54, 1.807) is 12.1 Å². The van der Waals surface area contributed by atoms with Crippen molar-refractivity contribution in [2.24, 2.45) is 44.5 Å². The number of benzene rings is 1. The van der Waals surface area contributed by atoms with Crippen LogP contribution in [0.25, 0.3) is 0 Å². The second kappa shape index (κ2) is 7.78. The molecule has 4 saturated carbocycles. The van der Waals surface area contributed by atoms with Gasteiger partial charge in [-0.05, 0) is 93.6 Å². The lowest BCUT2D eigenvalue weighted by molar-refractivity contribution is -0.384. The molecule has 1 aromatic rings. The molecule has 4 fully saturated rings. The summed E-state index contributed by atoms with van der Waals surface area (Å²) in [6.45, 7) is 10.3. The minimum absolute atomic E-state index is 0.0106. The highest BCUT2D eigenvalue weighted by Crippen LogP contribution is 2.75. The third-order valence-electron chi connectivity index (χ3n) is 11.4. The highest BCUT2D eigenvalue weighted by Gasteiger charge is 2.71. The lowest BCUT2D eigenvalue weighted by Gasteiger charge is -2.64. The molecule has 6 rings (SSSR count). The van der Waals surface area contributed by atoms with Crippen LogP contribution < -0.4 is 5.01 Å². The average molecular weight is 494 g/mol. The number of hydrogen-bond acceptors (Lipinski definition) is 6. The summed E-state index contributed by atoms with van der Waals surface area (Å²) < 4.78 is 5.64. The van der Waals surface area contributed by atoms with Crippen molar-refractivity contribution in [1.29, 1.82) is 0 Å². The van der Waals surface area contributed by atoms with Crippen molar-refractivity contribution >= 4 is 23.1 Å². The van der Waals surface area contributed by atoms with Crippen molar-refractivity contribution in [3.05, 3.63) is 34.4 Å². The van der Waals surface area contributed by atoms with Crippen molar-refractivity contribution in [3.8, 4) is 0 Å². The molecule has 7 atom stereocenters. The van der Waals surface area contributed by atoms with Crippen LogP contribution in [-0.4, -0.2) is 29.8 Å². The Labute approximate surface area is 213 Å². The molecule has 1 spiro atoms. The van der Waals surface area contributed by atoms with E-state index in [1.807, 2.05) is 19.1 Å². The van der Waals surface area contributed by atoms with Crippen molar-refractivity contribution in [2.75, 3.05) is 18.2 Å². The van der Waals surface area contributed by atoms with Gasteiger partial charge in [0.2, 0.25) is 0 Å². The van der Waals surface area contributed by atoms with Crippen LogP contribution >= 0.6 is 0 Å². The van der Waals surface area contributed by atoms with E-state index in [0.29, 0.717) is 24.4 Å². The van der Waals surface area contributed by atoms with E-state index in [4.69, 9.17) is 9.84 Å². The molecule has 0 unspecified atom stereocenters. The number of hydrazone groups is 1. The number of carbonyl (C=O) groups excluding carboxylic acids is 1. The number of hydrogen-bond donors (Lipinski definition) is 0. The van der Waals surface area contributed by atoms with Crippen LogP contribution in [0.5, 0.6) is 0 Å². The second-order valence-electron chi connectivity index (χ2n) is 13.0. The smallest absolute Gasteiger partial charge is 0.312 e. The number of rotatable bonds is 4. The zero-order valence-corrected chi connectivity index (χ0v) is 22.1. The van der Waals surface area contributed by atoms with Gasteiger partial charge in [-0.2, -0.15) is 5.10 Å². The Balaban J connectivity index is 1.34. The number of fused-ring (bicyclic) bond motifs is 5. The standard InChI is InChI=1S/C29H39N3O4/c1-5-36-25(33)28(4)14-6-13-27(3)22(28)12-16-29-18-26(2,15-11-23(27)29)24-21(29)17-31(30-24)19-7-9-20(10-8-19)32(34)35/h7-10,21-23H,5-6,11-18H2,1-4H3/t21-,22+,23+,26+,27-,28-,29-/m1/s1. The maximum absolute atomic E-state index is 13.2. The number of ether oxygens (including phenoxy) is 1. The molecule has 4 aliphatic carbocycles. The maximum atomic E-state index is 13.2. The maximum Gasteiger partial charge on any atom is 0.312 e. The number of non-ortho nitro benzene ring substituents is 1. The fourth-order valence-electron chi connectivity index (χ4n) is 10.0. The minimum Gasteiger partial charge on any atom is -0.466 e. The molecule has 0 saturated heterocycles. The molecule has 194 valence electrons. The van der Waals surface area contributed by atoms with E-state index >= 15 is 0 Å². The molecule has 5 aliphatic rings.